The molecule has 0 spiro atoms. The summed E-state index contributed by atoms with van der Waals surface area (Å²) < 4.78 is 0. The molecule has 0 fully saturated rings. The van der Waals surface area contributed by atoms with Crippen molar-refractivity contribution >= 4 is 26.2 Å². The molecule has 2 heterocycles. The van der Waals surface area contributed by atoms with Gasteiger partial charge >= 0.3 is 0 Å². The standard InChI is InChI=1S/C11H12N2OS/c1-8-11(9-3-5-12-6-4-9)13-7-10(14)15(8)2/h3-6H,7H2,1-2H3. The van der Waals surface area contributed by atoms with Gasteiger partial charge in [0.05, 0.1) is 5.71 Å². The van der Waals surface area contributed by atoms with Crippen LogP contribution in [0.2, 0.25) is 0 Å². The molecule has 0 saturated carbocycles. The SMILES string of the molecule is CC1=S(C)C(=O)CN=C1c1ccncc1. The lowest BCUT2D eigenvalue weighted by Gasteiger charge is -2.15. The predicted octanol–water partition coefficient (Wildman–Crippen LogP) is 1.50. The maximum Gasteiger partial charge on any atom is 0.205 e. The highest BCUT2D eigenvalue weighted by Crippen LogP contribution is 2.19. The molecule has 1 aromatic heterocycles. The zero-order chi connectivity index (χ0) is 10.8. The Morgan fingerprint density at radius 3 is 2.67 bits per heavy atom. The van der Waals surface area contributed by atoms with E-state index in [-0.39, 0.29) is 15.6 Å². The van der Waals surface area contributed by atoms with Gasteiger partial charge in [0.25, 0.3) is 0 Å². The van der Waals surface area contributed by atoms with Crippen LogP contribution in [0.25, 0.3) is 0 Å². The van der Waals surface area contributed by atoms with Crippen molar-refractivity contribution in [1.29, 1.82) is 0 Å². The summed E-state index contributed by atoms with van der Waals surface area (Å²) >= 11 is 0. The molecule has 3 nitrogen and oxygen atoms in total. The van der Waals surface area contributed by atoms with E-state index >= 15 is 0 Å². The Balaban J connectivity index is 2.45. The van der Waals surface area contributed by atoms with Crippen LogP contribution in [0.1, 0.15) is 12.5 Å². The van der Waals surface area contributed by atoms with Crippen molar-refractivity contribution in [1.82, 2.24) is 4.98 Å². The molecule has 2 rings (SSSR count). The average Bonchev–Trinajstić information content (AvgIpc) is 2.27. The van der Waals surface area contributed by atoms with Crippen molar-refractivity contribution in [2.45, 2.75) is 6.92 Å². The van der Waals surface area contributed by atoms with Gasteiger partial charge in [0.1, 0.15) is 6.54 Å². The van der Waals surface area contributed by atoms with Gasteiger partial charge in [-0.2, -0.15) is 0 Å². The summed E-state index contributed by atoms with van der Waals surface area (Å²) in [5.74, 6) is 0. The van der Waals surface area contributed by atoms with Crippen LogP contribution in [-0.2, 0) is 4.79 Å². The third kappa shape index (κ3) is 1.90. The van der Waals surface area contributed by atoms with Crippen LogP contribution in [0.3, 0.4) is 0 Å². The van der Waals surface area contributed by atoms with E-state index in [0.717, 1.165) is 16.1 Å². The first-order valence-electron chi connectivity index (χ1n) is 4.67. The minimum Gasteiger partial charge on any atom is -0.286 e. The molecule has 4 heteroatoms. The number of carbonyl (C=O) groups is 1. The molecule has 15 heavy (non-hydrogen) atoms. The van der Waals surface area contributed by atoms with Gasteiger partial charge in [-0.25, -0.2) is 0 Å². The summed E-state index contributed by atoms with van der Waals surface area (Å²) in [7, 11) is -0.284. The lowest BCUT2D eigenvalue weighted by atomic mass is 10.1. The Hall–Kier alpha value is -1.29. The molecular weight excluding hydrogens is 208 g/mol. The van der Waals surface area contributed by atoms with Crippen molar-refractivity contribution in [2.75, 3.05) is 12.8 Å². The topological polar surface area (TPSA) is 42.3 Å². The first-order chi connectivity index (χ1) is 7.20. The second-order valence-electron chi connectivity index (χ2n) is 3.34. The van der Waals surface area contributed by atoms with E-state index in [1.54, 1.807) is 12.4 Å². The molecule has 0 radical (unpaired) electrons. The second kappa shape index (κ2) is 4.06. The van der Waals surface area contributed by atoms with Gasteiger partial charge in [0, 0.05) is 22.8 Å². The summed E-state index contributed by atoms with van der Waals surface area (Å²) in [6, 6.07) is 3.85. The van der Waals surface area contributed by atoms with E-state index in [0.29, 0.717) is 6.54 Å². The Kier molecular flexibility index (Phi) is 2.77. The summed E-state index contributed by atoms with van der Waals surface area (Å²) in [6.45, 7) is 2.30. The van der Waals surface area contributed by atoms with Gasteiger partial charge in [0.15, 0.2) is 0 Å². The number of hydrogen-bond acceptors (Lipinski definition) is 3. The highest BCUT2D eigenvalue weighted by Gasteiger charge is 2.17. The average molecular weight is 220 g/mol. The highest BCUT2D eigenvalue weighted by atomic mass is 32.2. The van der Waals surface area contributed by atoms with Gasteiger partial charge in [0.2, 0.25) is 5.12 Å². The zero-order valence-corrected chi connectivity index (χ0v) is 9.54. The van der Waals surface area contributed by atoms with Crippen molar-refractivity contribution in [2.24, 2.45) is 4.99 Å². The van der Waals surface area contributed by atoms with Gasteiger partial charge in [-0.3, -0.25) is 14.8 Å². The molecule has 78 valence electrons. The first-order valence-corrected chi connectivity index (χ1v) is 6.31. The number of carbonyl (C=O) groups excluding carboxylic acids is 1. The Bertz CT molecular complexity index is 463. The molecule has 1 aromatic rings. The van der Waals surface area contributed by atoms with Crippen molar-refractivity contribution in [3.63, 3.8) is 0 Å². The molecule has 0 amide bonds. The van der Waals surface area contributed by atoms with Crippen LogP contribution in [0.15, 0.2) is 29.5 Å². The molecule has 0 aliphatic carbocycles. The number of pyridine rings is 1. The molecule has 1 aliphatic heterocycles. The van der Waals surface area contributed by atoms with Crippen molar-refractivity contribution in [3.8, 4) is 0 Å². The lowest BCUT2D eigenvalue weighted by molar-refractivity contribution is -0.109. The van der Waals surface area contributed by atoms with Gasteiger partial charge in [-0.1, -0.05) is 0 Å². The molecule has 0 saturated heterocycles. The fourth-order valence-corrected chi connectivity index (χ4v) is 2.54. The second-order valence-corrected chi connectivity index (χ2v) is 5.43. The Morgan fingerprint density at radius 2 is 2.00 bits per heavy atom. The highest BCUT2D eigenvalue weighted by molar-refractivity contribution is 8.28. The maximum absolute atomic E-state index is 11.5. The fourth-order valence-electron chi connectivity index (χ4n) is 1.47. The molecular formula is C11H12N2OS. The monoisotopic (exact) mass is 220 g/mol. The smallest absolute Gasteiger partial charge is 0.205 e. The first kappa shape index (κ1) is 10.2. The number of aliphatic imine (C=N–C) groups is 1. The summed E-state index contributed by atoms with van der Waals surface area (Å²) in [5.41, 5.74) is 2.01. The van der Waals surface area contributed by atoms with Crippen LogP contribution in [0, 0.1) is 0 Å². The van der Waals surface area contributed by atoms with Crippen molar-refractivity contribution < 1.29 is 4.79 Å². The van der Waals surface area contributed by atoms with Gasteiger partial charge < -0.3 is 0 Å². The lowest BCUT2D eigenvalue weighted by Crippen LogP contribution is -2.21. The number of hydrogen-bond donors (Lipinski definition) is 0. The zero-order valence-electron chi connectivity index (χ0n) is 8.73. The molecule has 0 aromatic carbocycles. The van der Waals surface area contributed by atoms with Gasteiger partial charge in [-0.05, 0) is 25.3 Å². The normalized spacial score (nSPS) is 21.5. The van der Waals surface area contributed by atoms with Gasteiger partial charge in [-0.15, -0.1) is 10.5 Å². The van der Waals surface area contributed by atoms with E-state index in [2.05, 4.69) is 9.98 Å². The largest absolute Gasteiger partial charge is 0.286 e. The number of nitrogens with zero attached hydrogens (tertiary/aromatic N) is 2. The van der Waals surface area contributed by atoms with Crippen LogP contribution in [-0.4, -0.2) is 33.5 Å². The van der Waals surface area contributed by atoms with Crippen LogP contribution in [0.5, 0.6) is 0 Å². The molecule has 0 N–H and O–H groups in total. The number of aromatic nitrogens is 1. The minimum absolute atomic E-state index is 0.227. The third-order valence-corrected chi connectivity index (χ3v) is 4.38. The minimum atomic E-state index is -0.284. The molecule has 0 bridgehead atoms. The molecule has 1 atom stereocenters. The van der Waals surface area contributed by atoms with E-state index in [1.807, 2.05) is 25.3 Å². The Labute approximate surface area is 91.2 Å². The number of rotatable bonds is 1. The molecule has 1 unspecified atom stereocenters. The van der Waals surface area contributed by atoms with Crippen LogP contribution < -0.4 is 0 Å². The van der Waals surface area contributed by atoms with E-state index in [9.17, 15) is 4.79 Å². The Morgan fingerprint density at radius 1 is 1.33 bits per heavy atom. The van der Waals surface area contributed by atoms with Crippen molar-refractivity contribution in [3.05, 3.63) is 30.1 Å². The maximum atomic E-state index is 11.5. The summed E-state index contributed by atoms with van der Waals surface area (Å²) in [6.07, 6.45) is 5.46. The van der Waals surface area contributed by atoms with Crippen LogP contribution in [0.4, 0.5) is 0 Å². The van der Waals surface area contributed by atoms with E-state index in [4.69, 9.17) is 0 Å². The summed E-state index contributed by atoms with van der Waals surface area (Å²) in [4.78, 5) is 20.8. The fraction of sp³-hybridized carbons (Fsp3) is 0.273. The summed E-state index contributed by atoms with van der Waals surface area (Å²) in [5, 5.41) is 0.227. The van der Waals surface area contributed by atoms with E-state index in [1.165, 1.54) is 0 Å². The quantitative estimate of drug-likeness (QED) is 0.673. The predicted molar refractivity (Wildman–Crippen MR) is 64.8 cm³/mol. The van der Waals surface area contributed by atoms with E-state index < -0.39 is 0 Å². The molecule has 1 aliphatic rings. The third-order valence-electron chi connectivity index (χ3n) is 2.45. The van der Waals surface area contributed by atoms with Crippen LogP contribution >= 0.6 is 10.5 Å².